The number of allylic oxidation sites excluding steroid dienone is 7. The van der Waals surface area contributed by atoms with Crippen molar-refractivity contribution in [3.63, 3.8) is 0 Å². The number of rotatable bonds is 9. The molecule has 0 aromatic heterocycles. The molecule has 1 nitrogen and oxygen atoms in total. The predicted molar refractivity (Wildman–Crippen MR) is 225 cm³/mol. The van der Waals surface area contributed by atoms with E-state index in [1.165, 1.54) is 66.8 Å². The van der Waals surface area contributed by atoms with Gasteiger partial charge in [-0.15, -0.1) is 0 Å². The SMILES string of the molecule is CC(=C\C(C)C)/C(N)=C/C(c1ccc(-c2ccc(-c3ccccc3)cc2)cc1)c1ccc2c(c1)-c1ccccc1C2(C1=CCCC=C1)c1ccccc1. The Kier molecular flexibility index (Phi) is 9.42. The minimum atomic E-state index is -0.374. The molecule has 1 heteroatoms. The fraction of sp³-hybridized carbons (Fsp3) is 0.154. The zero-order valence-electron chi connectivity index (χ0n) is 31.0. The summed E-state index contributed by atoms with van der Waals surface area (Å²) >= 11 is 0. The highest BCUT2D eigenvalue weighted by Crippen LogP contribution is 2.57. The number of benzene rings is 6. The molecule has 0 bridgehead atoms. The van der Waals surface area contributed by atoms with Crippen LogP contribution >= 0.6 is 0 Å². The topological polar surface area (TPSA) is 26.0 Å². The van der Waals surface area contributed by atoms with E-state index in [1.807, 2.05) is 0 Å². The largest absolute Gasteiger partial charge is 0.399 e. The average Bonchev–Trinajstić information content (AvgIpc) is 3.51. The van der Waals surface area contributed by atoms with Gasteiger partial charge in [0.15, 0.2) is 0 Å². The van der Waals surface area contributed by atoms with Crippen LogP contribution in [0.1, 0.15) is 67.3 Å². The van der Waals surface area contributed by atoms with Gasteiger partial charge in [-0.2, -0.15) is 0 Å². The molecule has 0 radical (unpaired) electrons. The summed E-state index contributed by atoms with van der Waals surface area (Å²) in [6.45, 7) is 6.53. The van der Waals surface area contributed by atoms with Crippen molar-refractivity contribution in [3.8, 4) is 33.4 Å². The first kappa shape index (κ1) is 34.2. The molecule has 2 aliphatic carbocycles. The Morgan fingerprint density at radius 1 is 0.585 bits per heavy atom. The molecule has 8 rings (SSSR count). The van der Waals surface area contributed by atoms with E-state index in [2.05, 4.69) is 203 Å². The fourth-order valence-corrected chi connectivity index (χ4v) is 8.52. The highest BCUT2D eigenvalue weighted by Gasteiger charge is 2.46. The van der Waals surface area contributed by atoms with Crippen molar-refractivity contribution in [2.24, 2.45) is 11.7 Å². The molecule has 2 unspecified atom stereocenters. The van der Waals surface area contributed by atoms with Crippen molar-refractivity contribution in [2.75, 3.05) is 0 Å². The summed E-state index contributed by atoms with van der Waals surface area (Å²) in [7, 11) is 0. The van der Waals surface area contributed by atoms with Crippen LogP contribution in [0.2, 0.25) is 0 Å². The quantitative estimate of drug-likeness (QED) is 0.151. The molecule has 2 N–H and O–H groups in total. The van der Waals surface area contributed by atoms with E-state index in [0.29, 0.717) is 5.92 Å². The first-order valence-electron chi connectivity index (χ1n) is 19.0. The van der Waals surface area contributed by atoms with Gasteiger partial charge in [-0.25, -0.2) is 0 Å². The van der Waals surface area contributed by atoms with Crippen LogP contribution in [0.3, 0.4) is 0 Å². The van der Waals surface area contributed by atoms with Gasteiger partial charge < -0.3 is 5.73 Å². The van der Waals surface area contributed by atoms with Crippen LogP contribution in [0.5, 0.6) is 0 Å². The summed E-state index contributed by atoms with van der Waals surface area (Å²) in [6.07, 6.45) is 13.8. The maximum absolute atomic E-state index is 6.91. The number of hydrogen-bond donors (Lipinski definition) is 1. The smallest absolute Gasteiger partial charge is 0.0710 e. The third kappa shape index (κ3) is 6.42. The van der Waals surface area contributed by atoms with Crippen molar-refractivity contribution < 1.29 is 0 Å². The minimum Gasteiger partial charge on any atom is -0.399 e. The minimum absolute atomic E-state index is 0.0296. The van der Waals surface area contributed by atoms with Crippen LogP contribution in [0.4, 0.5) is 0 Å². The van der Waals surface area contributed by atoms with Crippen molar-refractivity contribution in [2.45, 2.75) is 44.9 Å². The Morgan fingerprint density at radius 3 is 1.79 bits per heavy atom. The summed E-state index contributed by atoms with van der Waals surface area (Å²) in [5, 5.41) is 0. The van der Waals surface area contributed by atoms with Gasteiger partial charge in [0.2, 0.25) is 0 Å². The van der Waals surface area contributed by atoms with Gasteiger partial charge in [0.25, 0.3) is 0 Å². The number of fused-ring (bicyclic) bond motifs is 3. The van der Waals surface area contributed by atoms with Gasteiger partial charge in [0.1, 0.15) is 0 Å². The van der Waals surface area contributed by atoms with E-state index in [4.69, 9.17) is 5.73 Å². The Labute approximate surface area is 315 Å². The van der Waals surface area contributed by atoms with Crippen LogP contribution in [0.15, 0.2) is 199 Å². The predicted octanol–water partition coefficient (Wildman–Crippen LogP) is 13.2. The van der Waals surface area contributed by atoms with Crippen molar-refractivity contribution in [1.29, 1.82) is 0 Å². The molecular weight excluding hydrogens is 639 g/mol. The van der Waals surface area contributed by atoms with Crippen LogP contribution in [0, 0.1) is 5.92 Å². The molecule has 0 saturated carbocycles. The van der Waals surface area contributed by atoms with Gasteiger partial charge in [-0.1, -0.05) is 184 Å². The van der Waals surface area contributed by atoms with Crippen LogP contribution in [-0.2, 0) is 5.41 Å². The monoisotopic (exact) mass is 685 g/mol. The Morgan fingerprint density at radius 2 is 1.15 bits per heavy atom. The second-order valence-electron chi connectivity index (χ2n) is 14.9. The van der Waals surface area contributed by atoms with Crippen molar-refractivity contribution in [3.05, 3.63) is 227 Å². The molecule has 53 heavy (non-hydrogen) atoms. The molecule has 6 aromatic rings. The maximum Gasteiger partial charge on any atom is 0.0710 e. The average molecular weight is 686 g/mol. The summed E-state index contributed by atoms with van der Waals surface area (Å²) in [6, 6.07) is 55.8. The first-order chi connectivity index (χ1) is 25.9. The summed E-state index contributed by atoms with van der Waals surface area (Å²) in [5.74, 6) is 0.386. The molecule has 0 amide bonds. The van der Waals surface area contributed by atoms with Crippen LogP contribution < -0.4 is 5.73 Å². The number of nitrogens with two attached hydrogens (primary N) is 1. The Bertz CT molecular complexity index is 2350. The molecular formula is C52H47N. The Hall–Kier alpha value is -5.92. The highest BCUT2D eigenvalue weighted by molar-refractivity contribution is 5.87. The molecule has 0 heterocycles. The van der Waals surface area contributed by atoms with E-state index >= 15 is 0 Å². The normalized spacial score (nSPS) is 17.3. The fourth-order valence-electron chi connectivity index (χ4n) is 8.52. The second kappa shape index (κ2) is 14.6. The lowest BCUT2D eigenvalue weighted by molar-refractivity contribution is 0.751. The lowest BCUT2D eigenvalue weighted by atomic mass is 9.66. The maximum atomic E-state index is 6.91. The van der Waals surface area contributed by atoms with Crippen LogP contribution in [0.25, 0.3) is 33.4 Å². The van der Waals surface area contributed by atoms with E-state index in [1.54, 1.807) is 0 Å². The third-order valence-corrected chi connectivity index (χ3v) is 11.0. The molecule has 0 fully saturated rings. The summed E-state index contributed by atoms with van der Waals surface area (Å²) in [4.78, 5) is 0. The lowest BCUT2D eigenvalue weighted by Crippen LogP contribution is -2.29. The first-order valence-corrected chi connectivity index (χ1v) is 19.0. The molecule has 260 valence electrons. The molecule has 2 atom stereocenters. The Balaban J connectivity index is 1.24. The second-order valence-corrected chi connectivity index (χ2v) is 14.9. The molecule has 2 aliphatic rings. The molecule has 6 aromatic carbocycles. The molecule has 0 aliphatic heterocycles. The van der Waals surface area contributed by atoms with E-state index in [0.717, 1.165) is 24.1 Å². The zero-order chi connectivity index (χ0) is 36.4. The standard InChI is InChI=1S/C52H47N/c1-36(2)33-37(3)51(53)35-47(42-29-27-41(28-30-42)40-25-23-39(24-26-40)38-15-7-4-8-16-38)43-31-32-50-48(34-43)46-21-13-14-22-49(46)52(50,44-17-9-5-10-18-44)45-19-11-6-12-20-45/h4-5,7-11,13-36,47H,6,12,53H2,1-3H3/b37-33+,51-35-. The van der Waals surface area contributed by atoms with Crippen LogP contribution in [-0.4, -0.2) is 0 Å². The van der Waals surface area contributed by atoms with Gasteiger partial charge in [-0.3, -0.25) is 0 Å². The van der Waals surface area contributed by atoms with Crippen molar-refractivity contribution in [1.82, 2.24) is 0 Å². The summed E-state index contributed by atoms with van der Waals surface area (Å²) < 4.78 is 0. The molecule has 0 saturated heterocycles. The van der Waals surface area contributed by atoms with E-state index < -0.39 is 0 Å². The van der Waals surface area contributed by atoms with Gasteiger partial charge in [-0.05, 0) is 110 Å². The van der Waals surface area contributed by atoms with E-state index in [-0.39, 0.29) is 11.3 Å². The van der Waals surface area contributed by atoms with Crippen molar-refractivity contribution >= 4 is 0 Å². The summed E-state index contributed by atoms with van der Waals surface area (Å²) in [5.41, 5.74) is 23.7. The lowest BCUT2D eigenvalue weighted by Gasteiger charge is -2.35. The van der Waals surface area contributed by atoms with Gasteiger partial charge >= 0.3 is 0 Å². The number of hydrogen-bond acceptors (Lipinski definition) is 1. The molecule has 0 spiro atoms. The van der Waals surface area contributed by atoms with Gasteiger partial charge in [0.05, 0.1) is 5.41 Å². The zero-order valence-corrected chi connectivity index (χ0v) is 31.0. The highest BCUT2D eigenvalue weighted by atomic mass is 14.6. The van der Waals surface area contributed by atoms with Gasteiger partial charge in [0, 0.05) is 11.6 Å². The third-order valence-electron chi connectivity index (χ3n) is 11.0. The van der Waals surface area contributed by atoms with E-state index in [9.17, 15) is 0 Å².